The summed E-state index contributed by atoms with van der Waals surface area (Å²) in [6, 6.07) is 5.12. The maximum atomic E-state index is 11.0. The van der Waals surface area contributed by atoms with Crippen LogP contribution in [0.1, 0.15) is 0 Å². The molecule has 0 aliphatic carbocycles. The van der Waals surface area contributed by atoms with Gasteiger partial charge in [-0.25, -0.2) is 0 Å². The molecule has 0 fully saturated rings. The van der Waals surface area contributed by atoms with Crippen LogP contribution in [0.3, 0.4) is 0 Å². The van der Waals surface area contributed by atoms with Gasteiger partial charge in [-0.15, -0.1) is 0 Å². The number of aromatic nitrogens is 1. The number of rotatable bonds is 2. The lowest BCUT2D eigenvalue weighted by Crippen LogP contribution is -2.26. The molecule has 0 N–H and O–H groups in total. The quantitative estimate of drug-likeness (QED) is 0.630. The number of nitrogens with zero attached hydrogens (tertiary/aromatic N) is 2. The second kappa shape index (κ2) is 3.20. The first-order valence-electron chi connectivity index (χ1n) is 3.37. The summed E-state index contributed by atoms with van der Waals surface area (Å²) in [7, 11) is -1.72. The topological polar surface area (TPSA) is 52.9 Å². The Hall–Kier alpha value is -0.940. The molecule has 0 saturated carbocycles. The van der Waals surface area contributed by atoms with E-state index in [1.165, 1.54) is 7.05 Å². The van der Waals surface area contributed by atoms with Gasteiger partial charge >= 0.3 is 10.0 Å². The van der Waals surface area contributed by atoms with E-state index in [0.717, 1.165) is 10.6 Å². The first kappa shape index (κ1) is 9.15. The summed E-state index contributed by atoms with van der Waals surface area (Å²) >= 11 is 0. The van der Waals surface area contributed by atoms with Gasteiger partial charge in [-0.2, -0.15) is 13.4 Å². The predicted molar refractivity (Wildman–Crippen MR) is 46.8 cm³/mol. The van der Waals surface area contributed by atoms with Crippen molar-refractivity contribution in [2.24, 2.45) is 0 Å². The van der Waals surface area contributed by atoms with Gasteiger partial charge in [0, 0.05) is 12.3 Å². The van der Waals surface area contributed by atoms with Crippen molar-refractivity contribution in [1.29, 1.82) is 0 Å². The van der Waals surface area contributed by atoms with E-state index >= 15 is 0 Å². The molecule has 0 unspecified atom stereocenters. The minimum atomic E-state index is -3.19. The van der Waals surface area contributed by atoms with Gasteiger partial charge in [0.1, 0.15) is 7.05 Å². The monoisotopic (exact) mass is 186 g/mol. The van der Waals surface area contributed by atoms with Crippen molar-refractivity contribution in [2.45, 2.75) is 0 Å². The van der Waals surface area contributed by atoms with Crippen LogP contribution in [-0.4, -0.2) is 26.7 Å². The molecule has 0 bridgehead atoms. The van der Waals surface area contributed by atoms with Gasteiger partial charge in [0.05, 0.1) is 6.26 Å². The zero-order valence-electron chi connectivity index (χ0n) is 6.93. The van der Waals surface area contributed by atoms with Gasteiger partial charge in [-0.05, 0) is 10.4 Å². The zero-order valence-corrected chi connectivity index (χ0v) is 7.75. The largest absolute Gasteiger partial charge is 0.345 e. The van der Waals surface area contributed by atoms with E-state index in [-0.39, 0.29) is 0 Å². The minimum absolute atomic E-state index is 0.431. The summed E-state index contributed by atoms with van der Waals surface area (Å²) in [6.07, 6.45) is 2.69. The minimum Gasteiger partial charge on any atom is -0.199 e. The third kappa shape index (κ3) is 2.02. The maximum absolute atomic E-state index is 11.0. The molecule has 1 radical (unpaired) electrons. The molecule has 1 rings (SSSR count). The summed E-state index contributed by atoms with van der Waals surface area (Å²) in [5, 5.41) is 0. The molecule has 1 aromatic heterocycles. The van der Waals surface area contributed by atoms with E-state index in [0.29, 0.717) is 5.82 Å². The number of hydrogen-bond acceptors (Lipinski definition) is 3. The Kier molecular flexibility index (Phi) is 2.44. The molecule has 0 aliphatic heterocycles. The zero-order chi connectivity index (χ0) is 9.19. The van der Waals surface area contributed by atoms with Crippen LogP contribution >= 0.6 is 0 Å². The van der Waals surface area contributed by atoms with Crippen LogP contribution in [0.4, 0.5) is 5.82 Å². The van der Waals surface area contributed by atoms with Crippen LogP contribution in [0.5, 0.6) is 0 Å². The summed E-state index contributed by atoms with van der Waals surface area (Å²) in [5.74, 6) is 0.431. The van der Waals surface area contributed by atoms with Gasteiger partial charge in [0.25, 0.3) is 5.82 Å². The summed E-state index contributed by atoms with van der Waals surface area (Å²) in [6.45, 7) is 0. The summed E-state index contributed by atoms with van der Waals surface area (Å²) in [4.78, 5) is 3.89. The van der Waals surface area contributed by atoms with Crippen molar-refractivity contribution in [3.63, 3.8) is 0 Å². The second-order valence-electron chi connectivity index (χ2n) is 2.42. The van der Waals surface area contributed by atoms with Gasteiger partial charge in [-0.3, -0.25) is 0 Å². The Morgan fingerprint density at radius 2 is 2.08 bits per heavy atom. The van der Waals surface area contributed by atoms with Crippen molar-refractivity contribution >= 4 is 15.8 Å². The molecular formula is C7H10N2O2S+. The van der Waals surface area contributed by atoms with Crippen molar-refractivity contribution in [3.8, 4) is 0 Å². The molecule has 1 heterocycles. The molecule has 0 aliphatic rings. The molecule has 12 heavy (non-hydrogen) atoms. The molecule has 65 valence electrons. The number of hydrogen-bond donors (Lipinski definition) is 0. The van der Waals surface area contributed by atoms with Crippen LogP contribution in [0.15, 0.2) is 24.4 Å². The van der Waals surface area contributed by atoms with Crippen molar-refractivity contribution in [1.82, 2.24) is 9.29 Å². The highest BCUT2D eigenvalue weighted by atomic mass is 32.2. The summed E-state index contributed by atoms with van der Waals surface area (Å²) in [5.41, 5.74) is 0. The van der Waals surface area contributed by atoms with Crippen LogP contribution in [-0.2, 0) is 10.0 Å². The smallest absolute Gasteiger partial charge is 0.199 e. The van der Waals surface area contributed by atoms with Crippen LogP contribution < -0.4 is 4.31 Å². The van der Waals surface area contributed by atoms with E-state index in [1.54, 1.807) is 24.4 Å². The fourth-order valence-electron chi connectivity index (χ4n) is 0.710. The SMILES string of the molecule is C[N+](c1ccccn1)S(C)(=O)=O. The molecule has 5 heteroatoms. The Morgan fingerprint density at radius 3 is 2.50 bits per heavy atom. The van der Waals surface area contributed by atoms with E-state index < -0.39 is 10.0 Å². The highest BCUT2D eigenvalue weighted by Gasteiger charge is 2.25. The Labute approximate surface area is 71.9 Å². The molecular weight excluding hydrogens is 176 g/mol. The van der Waals surface area contributed by atoms with Crippen LogP contribution in [0.25, 0.3) is 0 Å². The van der Waals surface area contributed by atoms with E-state index in [4.69, 9.17) is 0 Å². The number of pyridine rings is 1. The first-order valence-corrected chi connectivity index (χ1v) is 5.21. The van der Waals surface area contributed by atoms with Gasteiger partial charge in [0.15, 0.2) is 0 Å². The third-order valence-electron chi connectivity index (χ3n) is 1.47. The first-order chi connectivity index (χ1) is 5.52. The van der Waals surface area contributed by atoms with E-state index in [9.17, 15) is 8.42 Å². The van der Waals surface area contributed by atoms with Crippen LogP contribution in [0, 0.1) is 0 Å². The Morgan fingerprint density at radius 1 is 1.42 bits per heavy atom. The normalized spacial score (nSPS) is 11.9. The lowest BCUT2D eigenvalue weighted by molar-refractivity contribution is 0.577. The fraction of sp³-hybridized carbons (Fsp3) is 0.286. The molecule has 0 spiro atoms. The molecule has 4 nitrogen and oxygen atoms in total. The second-order valence-corrected chi connectivity index (χ2v) is 4.43. The highest BCUT2D eigenvalue weighted by molar-refractivity contribution is 7.89. The van der Waals surface area contributed by atoms with Crippen molar-refractivity contribution < 1.29 is 8.42 Å². The van der Waals surface area contributed by atoms with Gasteiger partial charge in [-0.1, -0.05) is 6.07 Å². The molecule has 0 aromatic carbocycles. The molecule has 0 saturated heterocycles. The number of anilines is 1. The van der Waals surface area contributed by atoms with Crippen LogP contribution in [0.2, 0.25) is 0 Å². The van der Waals surface area contributed by atoms with Gasteiger partial charge in [0.2, 0.25) is 0 Å². The molecule has 1 aromatic rings. The highest BCUT2D eigenvalue weighted by Crippen LogP contribution is 2.08. The lowest BCUT2D eigenvalue weighted by atomic mass is 10.5. The Balaban J connectivity index is 3.02. The van der Waals surface area contributed by atoms with E-state index in [2.05, 4.69) is 4.98 Å². The molecule has 0 atom stereocenters. The fourth-order valence-corrected chi connectivity index (χ4v) is 1.16. The average molecular weight is 186 g/mol. The molecule has 0 amide bonds. The predicted octanol–water partition coefficient (Wildman–Crippen LogP) is 0.443. The summed E-state index contributed by atoms with van der Waals surface area (Å²) < 4.78 is 23.2. The lowest BCUT2D eigenvalue weighted by Gasteiger charge is -1.99. The number of sulfonamides is 1. The van der Waals surface area contributed by atoms with Gasteiger partial charge < -0.3 is 0 Å². The third-order valence-corrected chi connectivity index (χ3v) is 2.65. The van der Waals surface area contributed by atoms with Crippen molar-refractivity contribution in [2.75, 3.05) is 13.3 Å². The average Bonchev–Trinajstić information content (AvgIpc) is 2.03. The van der Waals surface area contributed by atoms with Crippen molar-refractivity contribution in [3.05, 3.63) is 24.4 Å². The standard InChI is InChI=1S/C7H10N2O2S/c1-9(12(2,10)11)7-5-3-4-6-8-7/h3-6H,1-2H3/q+1. The maximum Gasteiger partial charge on any atom is 0.345 e. The van der Waals surface area contributed by atoms with E-state index in [1.807, 2.05) is 0 Å². The Bertz CT molecular complexity index is 347.